The Kier molecular flexibility index (Phi) is 5.98. The fourth-order valence-corrected chi connectivity index (χ4v) is 5.80. The topological polar surface area (TPSA) is 108 Å². The Hall–Kier alpha value is -3.28. The van der Waals surface area contributed by atoms with Crippen LogP contribution < -0.4 is 14.8 Å². The number of likely N-dealkylation sites (N-methyl/N-ethyl adjacent to an activating group) is 1. The minimum absolute atomic E-state index is 0.0518. The number of thiazole rings is 1. The lowest BCUT2D eigenvalue weighted by Crippen LogP contribution is -2.45. The van der Waals surface area contributed by atoms with Gasteiger partial charge in [-0.15, -0.1) is 11.3 Å². The molecule has 5 heterocycles. The Bertz CT molecular complexity index is 1430. The first-order chi connectivity index (χ1) is 17.6. The highest BCUT2D eigenvalue weighted by Gasteiger charge is 2.44. The fourth-order valence-electron chi connectivity index (χ4n) is 5.05. The largest absolute Gasteiger partial charge is 0.494 e. The number of aromatic amines is 1. The number of piperazine rings is 1. The molecule has 2 N–H and O–H groups in total. The van der Waals surface area contributed by atoms with Crippen molar-refractivity contribution in [2.24, 2.45) is 11.8 Å². The van der Waals surface area contributed by atoms with Crippen molar-refractivity contribution in [1.29, 1.82) is 0 Å². The summed E-state index contributed by atoms with van der Waals surface area (Å²) in [5.41, 5.74) is 4.60. The molecule has 0 aromatic carbocycles. The quantitative estimate of drug-likeness (QED) is 0.393. The number of carbonyl (C=O) groups excluding carboxylic acids is 1. The Morgan fingerprint density at radius 1 is 1.19 bits per heavy atom. The normalized spacial score (nSPS) is 20.6. The third-order valence-corrected chi connectivity index (χ3v) is 8.02. The molecule has 11 heteroatoms. The van der Waals surface area contributed by atoms with Gasteiger partial charge in [0.25, 0.3) is 0 Å². The lowest BCUT2D eigenvalue weighted by molar-refractivity contribution is -0.117. The first kappa shape index (κ1) is 23.1. The maximum Gasteiger partial charge on any atom is 0.228 e. The molecule has 4 aromatic heterocycles. The number of rotatable bonds is 7. The molecule has 0 unspecified atom stereocenters. The van der Waals surface area contributed by atoms with Crippen LogP contribution in [0, 0.1) is 11.8 Å². The van der Waals surface area contributed by atoms with Crippen molar-refractivity contribution in [2.45, 2.75) is 6.42 Å². The zero-order valence-corrected chi connectivity index (χ0v) is 21.4. The van der Waals surface area contributed by atoms with Gasteiger partial charge in [0.15, 0.2) is 11.4 Å². The van der Waals surface area contributed by atoms with Crippen molar-refractivity contribution in [3.63, 3.8) is 0 Å². The zero-order chi connectivity index (χ0) is 24.8. The van der Waals surface area contributed by atoms with Gasteiger partial charge < -0.3 is 29.6 Å². The molecule has 1 aliphatic heterocycles. The first-order valence-corrected chi connectivity index (χ1v) is 13.0. The Morgan fingerprint density at radius 2 is 2.03 bits per heavy atom. The summed E-state index contributed by atoms with van der Waals surface area (Å²) < 4.78 is 12.2. The number of carbonyl (C=O) groups is 1. The number of aromatic nitrogens is 4. The van der Waals surface area contributed by atoms with Gasteiger partial charge in [-0.25, -0.2) is 9.97 Å². The van der Waals surface area contributed by atoms with Gasteiger partial charge in [-0.3, -0.25) is 4.79 Å². The van der Waals surface area contributed by atoms with E-state index in [-0.39, 0.29) is 11.8 Å². The second-order valence-corrected chi connectivity index (χ2v) is 10.4. The molecule has 2 aliphatic rings. The van der Waals surface area contributed by atoms with E-state index in [9.17, 15) is 4.79 Å². The van der Waals surface area contributed by atoms with Crippen molar-refractivity contribution >= 4 is 44.4 Å². The number of anilines is 1. The summed E-state index contributed by atoms with van der Waals surface area (Å²) in [6.45, 7) is 5.35. The average molecular weight is 508 g/mol. The van der Waals surface area contributed by atoms with Crippen LogP contribution in [0.1, 0.15) is 6.42 Å². The molecule has 2 fully saturated rings. The molecule has 1 saturated carbocycles. The van der Waals surface area contributed by atoms with E-state index in [1.54, 1.807) is 19.7 Å². The van der Waals surface area contributed by atoms with E-state index < -0.39 is 0 Å². The predicted molar refractivity (Wildman–Crippen MR) is 140 cm³/mol. The summed E-state index contributed by atoms with van der Waals surface area (Å²) in [7, 11) is 5.37. The van der Waals surface area contributed by atoms with E-state index in [4.69, 9.17) is 9.47 Å². The van der Waals surface area contributed by atoms with Crippen molar-refractivity contribution < 1.29 is 14.3 Å². The van der Waals surface area contributed by atoms with Crippen LogP contribution in [-0.2, 0) is 4.79 Å². The molecular formula is C25H29N7O3S. The predicted octanol–water partition coefficient (Wildman–Crippen LogP) is 3.07. The van der Waals surface area contributed by atoms with Crippen LogP contribution in [-0.4, -0.2) is 89.6 Å². The monoisotopic (exact) mass is 507 g/mol. The number of hydrogen-bond donors (Lipinski definition) is 2. The molecule has 6 rings (SSSR count). The number of H-pyrrole nitrogens is 1. The SMILES string of the molecule is COc1nc2ncsc2c(OC)c1-c1c[nH]c2nc(NC(=O)[C@@H]3C[C@H]3CN3CCN(C)CC3)ccc12. The standard InChI is InChI=1S/C25H29N7O3S/c1-31-6-8-32(9-7-31)12-14-10-16(14)24(33)29-18-5-4-15-17(11-26-22(15)28-18)19-20(34-2)21-23(27-13-36-21)30-25(19)35-3/h4-5,11,13-14,16H,6-10,12H2,1-3H3,(H2,26,28,29,33)/t14-,16+/m0/s1. The molecule has 2 atom stereocenters. The van der Waals surface area contributed by atoms with E-state index in [1.807, 2.05) is 18.3 Å². The third-order valence-electron chi connectivity index (χ3n) is 7.21. The molecule has 1 saturated heterocycles. The van der Waals surface area contributed by atoms with Gasteiger partial charge in [0.05, 0.1) is 25.3 Å². The van der Waals surface area contributed by atoms with Gasteiger partial charge in [-0.05, 0) is 31.5 Å². The lowest BCUT2D eigenvalue weighted by atomic mass is 10.1. The van der Waals surface area contributed by atoms with Crippen LogP contribution in [0.25, 0.3) is 32.5 Å². The van der Waals surface area contributed by atoms with Gasteiger partial charge in [-0.2, -0.15) is 4.98 Å². The second kappa shape index (κ2) is 9.30. The van der Waals surface area contributed by atoms with Crippen LogP contribution in [0.2, 0.25) is 0 Å². The first-order valence-electron chi connectivity index (χ1n) is 12.1. The number of methoxy groups -OCH3 is 2. The van der Waals surface area contributed by atoms with Gasteiger partial charge in [-0.1, -0.05) is 0 Å². The number of hydrogen-bond acceptors (Lipinski definition) is 9. The number of amides is 1. The summed E-state index contributed by atoms with van der Waals surface area (Å²) in [4.78, 5) is 34.5. The maximum absolute atomic E-state index is 12.9. The van der Waals surface area contributed by atoms with Gasteiger partial charge in [0.1, 0.15) is 16.2 Å². The molecule has 4 aromatic rings. The number of nitrogens with one attached hydrogen (secondary N) is 2. The zero-order valence-electron chi connectivity index (χ0n) is 20.6. The molecule has 36 heavy (non-hydrogen) atoms. The van der Waals surface area contributed by atoms with Crippen molar-refractivity contribution in [3.8, 4) is 22.8 Å². The maximum atomic E-state index is 12.9. The summed E-state index contributed by atoms with van der Waals surface area (Å²) in [6, 6.07) is 3.79. The fraction of sp³-hybridized carbons (Fsp3) is 0.440. The van der Waals surface area contributed by atoms with E-state index in [2.05, 4.69) is 42.1 Å². The van der Waals surface area contributed by atoms with Crippen LogP contribution in [0.4, 0.5) is 5.82 Å². The average Bonchev–Trinajstić information content (AvgIpc) is 3.29. The summed E-state index contributed by atoms with van der Waals surface area (Å²) in [5.74, 6) is 2.19. The van der Waals surface area contributed by atoms with Crippen LogP contribution >= 0.6 is 11.3 Å². The third kappa shape index (κ3) is 4.16. The summed E-state index contributed by atoms with van der Waals surface area (Å²) in [6.07, 6.45) is 2.81. The highest BCUT2D eigenvalue weighted by molar-refractivity contribution is 7.17. The molecule has 1 amide bonds. The Balaban J connectivity index is 1.20. The van der Waals surface area contributed by atoms with E-state index in [0.29, 0.717) is 34.7 Å². The van der Waals surface area contributed by atoms with Crippen LogP contribution in [0.5, 0.6) is 11.6 Å². The smallest absolute Gasteiger partial charge is 0.228 e. The molecule has 0 bridgehead atoms. The highest BCUT2D eigenvalue weighted by atomic mass is 32.1. The minimum Gasteiger partial charge on any atom is -0.494 e. The Labute approximate surface area is 212 Å². The number of pyridine rings is 2. The summed E-state index contributed by atoms with van der Waals surface area (Å²) in [5, 5.41) is 3.90. The molecular weight excluding hydrogens is 478 g/mol. The highest BCUT2D eigenvalue weighted by Crippen LogP contribution is 2.45. The van der Waals surface area contributed by atoms with E-state index in [0.717, 1.165) is 60.4 Å². The number of fused-ring (bicyclic) bond motifs is 2. The lowest BCUT2D eigenvalue weighted by Gasteiger charge is -2.32. The van der Waals surface area contributed by atoms with Crippen LogP contribution in [0.15, 0.2) is 23.8 Å². The van der Waals surface area contributed by atoms with Gasteiger partial charge in [0.2, 0.25) is 11.8 Å². The van der Waals surface area contributed by atoms with E-state index in [1.165, 1.54) is 11.3 Å². The number of nitrogens with zero attached hydrogens (tertiary/aromatic N) is 5. The van der Waals surface area contributed by atoms with E-state index >= 15 is 0 Å². The van der Waals surface area contributed by atoms with Gasteiger partial charge >= 0.3 is 0 Å². The van der Waals surface area contributed by atoms with Crippen LogP contribution in [0.3, 0.4) is 0 Å². The minimum atomic E-state index is 0.0518. The summed E-state index contributed by atoms with van der Waals surface area (Å²) >= 11 is 1.47. The van der Waals surface area contributed by atoms with Crippen molar-refractivity contribution in [1.82, 2.24) is 29.7 Å². The Morgan fingerprint density at radius 3 is 2.81 bits per heavy atom. The molecule has 188 valence electrons. The van der Waals surface area contributed by atoms with Gasteiger partial charge in [0, 0.05) is 55.8 Å². The second-order valence-electron chi connectivity index (χ2n) is 9.52. The molecule has 0 radical (unpaired) electrons. The number of ether oxygens (including phenoxy) is 2. The molecule has 1 aliphatic carbocycles. The molecule has 0 spiro atoms. The van der Waals surface area contributed by atoms with Crippen molar-refractivity contribution in [2.75, 3.05) is 59.3 Å². The molecule has 10 nitrogen and oxygen atoms in total. The van der Waals surface area contributed by atoms with Crippen molar-refractivity contribution in [3.05, 3.63) is 23.8 Å².